The molecule has 0 aliphatic heterocycles. The summed E-state index contributed by atoms with van der Waals surface area (Å²) in [6.45, 7) is 12.3. The van der Waals surface area contributed by atoms with E-state index in [1.807, 2.05) is 0 Å². The molecular weight excluding hydrogens is 809 g/mol. The van der Waals surface area contributed by atoms with E-state index in [0.717, 1.165) is 24.2 Å². The Bertz CT molecular complexity index is 2810. The lowest BCUT2D eigenvalue weighted by Gasteiger charge is -2.57. The van der Waals surface area contributed by atoms with Crippen molar-refractivity contribution in [1.82, 2.24) is 0 Å². The molecule has 7 aromatic carbocycles. The van der Waals surface area contributed by atoms with Crippen LogP contribution in [0.25, 0.3) is 11.1 Å². The van der Waals surface area contributed by atoms with E-state index in [0.29, 0.717) is 11.3 Å². The third-order valence-electron chi connectivity index (χ3n) is 17.9. The third-order valence-corrected chi connectivity index (χ3v) is 17.9. The van der Waals surface area contributed by atoms with Gasteiger partial charge in [-0.3, -0.25) is 0 Å². The molecule has 0 spiro atoms. The minimum atomic E-state index is -0.119. The normalized spacial score (nSPS) is 25.6. The summed E-state index contributed by atoms with van der Waals surface area (Å²) in [4.78, 5) is 4.94. The van der Waals surface area contributed by atoms with Crippen molar-refractivity contribution < 1.29 is 0 Å². The average molecular weight is 877 g/mol. The highest BCUT2D eigenvalue weighted by Gasteiger charge is 2.52. The molecule has 4 bridgehead atoms. The Morgan fingerprint density at radius 2 is 0.866 bits per heavy atom. The molecule has 7 aromatic rings. The number of rotatable bonds is 9. The van der Waals surface area contributed by atoms with E-state index < -0.39 is 0 Å². The first kappa shape index (κ1) is 42.5. The highest BCUT2D eigenvalue weighted by molar-refractivity contribution is 5.86. The summed E-state index contributed by atoms with van der Waals surface area (Å²) in [6, 6.07) is 67.5. The van der Waals surface area contributed by atoms with Crippen molar-refractivity contribution in [1.29, 1.82) is 0 Å². The van der Waals surface area contributed by atoms with Gasteiger partial charge in [0, 0.05) is 45.0 Å². The minimum Gasteiger partial charge on any atom is -0.311 e. The average Bonchev–Trinajstić information content (AvgIpc) is 3.57. The lowest BCUT2D eigenvalue weighted by Crippen LogP contribution is -2.48. The number of fused-ring (bicyclic) bond motifs is 3. The van der Waals surface area contributed by atoms with Crippen LogP contribution in [-0.4, -0.2) is 0 Å². The van der Waals surface area contributed by atoms with Crippen LogP contribution >= 0.6 is 0 Å². The van der Waals surface area contributed by atoms with Crippen LogP contribution in [0.15, 0.2) is 176 Å². The van der Waals surface area contributed by atoms with Crippen LogP contribution in [-0.2, 0) is 16.2 Å². The van der Waals surface area contributed by atoms with Crippen LogP contribution in [0.2, 0.25) is 0 Å². The molecule has 0 N–H and O–H groups in total. The Hall–Kier alpha value is -5.86. The van der Waals surface area contributed by atoms with E-state index in [4.69, 9.17) is 0 Å². The molecule has 0 heterocycles. The summed E-state index contributed by atoms with van der Waals surface area (Å²) in [5.74, 6) is 3.28. The Kier molecular flexibility index (Phi) is 10.2. The molecule has 2 atom stereocenters. The zero-order valence-corrected chi connectivity index (χ0v) is 40.5. The van der Waals surface area contributed by atoms with Crippen LogP contribution in [0.4, 0.5) is 34.1 Å². The van der Waals surface area contributed by atoms with E-state index >= 15 is 0 Å². The van der Waals surface area contributed by atoms with Crippen LogP contribution < -0.4 is 9.80 Å². The van der Waals surface area contributed by atoms with Gasteiger partial charge in [-0.2, -0.15) is 0 Å². The number of hydrogen-bond acceptors (Lipinski definition) is 2. The highest BCUT2D eigenvalue weighted by Crippen LogP contribution is 2.61. The van der Waals surface area contributed by atoms with Crippen molar-refractivity contribution in [3.8, 4) is 11.1 Å². The van der Waals surface area contributed by atoms with Gasteiger partial charge in [-0.25, -0.2) is 0 Å². The second-order valence-electron chi connectivity index (χ2n) is 23.2. The molecule has 5 fully saturated rings. The van der Waals surface area contributed by atoms with Gasteiger partial charge in [0.1, 0.15) is 0 Å². The molecule has 2 heteroatoms. The Balaban J connectivity index is 0.954. The van der Waals surface area contributed by atoms with Gasteiger partial charge in [-0.1, -0.05) is 151 Å². The molecule has 0 radical (unpaired) electrons. The summed E-state index contributed by atoms with van der Waals surface area (Å²) in [5.41, 5.74) is 17.5. The predicted octanol–water partition coefficient (Wildman–Crippen LogP) is 17.9. The maximum Gasteiger partial charge on any atom is 0.0465 e. The molecular formula is C65H68N2. The van der Waals surface area contributed by atoms with E-state index in [-0.39, 0.29) is 16.2 Å². The Labute approximate surface area is 401 Å². The van der Waals surface area contributed by atoms with Crippen LogP contribution in [0.3, 0.4) is 0 Å². The summed E-state index contributed by atoms with van der Waals surface area (Å²) < 4.78 is 0. The molecule has 0 amide bonds. The van der Waals surface area contributed by atoms with Crippen molar-refractivity contribution in [2.75, 3.05) is 9.80 Å². The molecule has 5 saturated carbocycles. The zero-order chi connectivity index (χ0) is 45.5. The molecule has 2 nitrogen and oxygen atoms in total. The van der Waals surface area contributed by atoms with Crippen LogP contribution in [0.1, 0.15) is 127 Å². The number of para-hydroxylation sites is 2. The van der Waals surface area contributed by atoms with E-state index in [2.05, 4.69) is 220 Å². The quantitative estimate of drug-likeness (QED) is 0.143. The molecule has 67 heavy (non-hydrogen) atoms. The Morgan fingerprint density at radius 3 is 1.39 bits per heavy atom. The third kappa shape index (κ3) is 7.11. The lowest BCUT2D eigenvalue weighted by molar-refractivity contribution is -0.00518. The van der Waals surface area contributed by atoms with Crippen molar-refractivity contribution in [2.24, 2.45) is 29.1 Å². The van der Waals surface area contributed by atoms with Gasteiger partial charge in [-0.05, 0) is 198 Å². The second-order valence-corrected chi connectivity index (χ2v) is 23.2. The summed E-state index contributed by atoms with van der Waals surface area (Å²) in [7, 11) is 0. The van der Waals surface area contributed by atoms with Gasteiger partial charge in [0.25, 0.3) is 0 Å². The fourth-order valence-corrected chi connectivity index (χ4v) is 15.3. The smallest absolute Gasteiger partial charge is 0.0465 e. The van der Waals surface area contributed by atoms with Gasteiger partial charge in [-0.15, -0.1) is 0 Å². The van der Waals surface area contributed by atoms with Gasteiger partial charge in [0.2, 0.25) is 0 Å². The van der Waals surface area contributed by atoms with E-state index in [9.17, 15) is 0 Å². The predicted molar refractivity (Wildman–Crippen MR) is 282 cm³/mol. The van der Waals surface area contributed by atoms with Crippen molar-refractivity contribution >= 4 is 34.1 Å². The van der Waals surface area contributed by atoms with Crippen LogP contribution in [0.5, 0.6) is 0 Å². The molecule has 13 rings (SSSR count). The summed E-state index contributed by atoms with van der Waals surface area (Å²) >= 11 is 0. The Morgan fingerprint density at radius 1 is 0.433 bits per heavy atom. The van der Waals surface area contributed by atoms with Crippen molar-refractivity contribution in [3.05, 3.63) is 204 Å². The lowest BCUT2D eigenvalue weighted by atomic mass is 9.48. The minimum absolute atomic E-state index is 0.0794. The van der Waals surface area contributed by atoms with Gasteiger partial charge >= 0.3 is 0 Å². The zero-order valence-electron chi connectivity index (χ0n) is 40.5. The highest BCUT2D eigenvalue weighted by atomic mass is 15.1. The SMILES string of the molecule is CC1(C)c2ccccc2-c2ccc(N(c3ccc(C45CC6CC(CC(C6)C4)C5)cc3)c3ccc(C4(c5ccc(N(c6ccccc6)c6ccccc6)cc5)CCCCC4C(C)(C)C)cc3)cc21. The largest absolute Gasteiger partial charge is 0.311 e. The first-order valence-electron chi connectivity index (χ1n) is 25.8. The summed E-state index contributed by atoms with van der Waals surface area (Å²) in [5, 5.41) is 0. The van der Waals surface area contributed by atoms with Gasteiger partial charge < -0.3 is 9.80 Å². The monoisotopic (exact) mass is 877 g/mol. The number of hydrogen-bond donors (Lipinski definition) is 0. The number of anilines is 6. The fraction of sp³-hybridized carbons (Fsp3) is 0.354. The van der Waals surface area contributed by atoms with E-state index in [1.165, 1.54) is 125 Å². The maximum atomic E-state index is 2.55. The first-order chi connectivity index (χ1) is 32.5. The van der Waals surface area contributed by atoms with Gasteiger partial charge in [0.15, 0.2) is 0 Å². The van der Waals surface area contributed by atoms with Crippen molar-refractivity contribution in [2.45, 2.75) is 115 Å². The maximum absolute atomic E-state index is 2.55. The second kappa shape index (κ2) is 16.1. The number of nitrogens with zero attached hydrogens (tertiary/aromatic N) is 2. The fourth-order valence-electron chi connectivity index (χ4n) is 15.3. The molecule has 338 valence electrons. The standard InChI is InChI=1S/C65H68N2/c1-62(2,3)61-22-14-15-37-65(61,49-25-31-53(32-26-49)66(51-16-8-6-9-17-51)52-18-10-7-11-19-52)50-27-33-55(34-28-50)67(56-35-36-58-57-20-12-13-21-59(57)63(4,5)60(58)41-56)54-29-23-48(24-30-54)64-42-45-38-46(43-64)40-47(39-45)44-64/h6-13,16-21,23-36,41,45-47,61H,14-15,22,37-40,42-44H2,1-5H3. The van der Waals surface area contributed by atoms with E-state index in [1.54, 1.807) is 5.56 Å². The van der Waals surface area contributed by atoms with Crippen LogP contribution in [0, 0.1) is 29.1 Å². The number of benzene rings is 7. The molecule has 6 aliphatic carbocycles. The summed E-state index contributed by atoms with van der Waals surface area (Å²) in [6.07, 6.45) is 13.5. The molecule has 0 aromatic heterocycles. The molecule has 0 saturated heterocycles. The van der Waals surface area contributed by atoms with Crippen molar-refractivity contribution in [3.63, 3.8) is 0 Å². The van der Waals surface area contributed by atoms with Gasteiger partial charge in [0.05, 0.1) is 0 Å². The molecule has 2 unspecified atom stereocenters. The molecule has 6 aliphatic rings. The first-order valence-corrected chi connectivity index (χ1v) is 25.8. The topological polar surface area (TPSA) is 6.48 Å².